The summed E-state index contributed by atoms with van der Waals surface area (Å²) in [6.07, 6.45) is 2.56. The highest BCUT2D eigenvalue weighted by atomic mass is 32.2. The summed E-state index contributed by atoms with van der Waals surface area (Å²) >= 11 is 0. The Balaban J connectivity index is 2.16. The quantitative estimate of drug-likeness (QED) is 0.723. The Morgan fingerprint density at radius 3 is 2.64 bits per heavy atom. The van der Waals surface area contributed by atoms with Gasteiger partial charge in [-0.25, -0.2) is 13.2 Å². The van der Waals surface area contributed by atoms with E-state index in [1.807, 2.05) is 0 Å². The number of aromatic nitrogens is 2. The number of carbonyl (C=O) groups is 1. The van der Waals surface area contributed by atoms with E-state index in [2.05, 4.69) is 5.10 Å². The van der Waals surface area contributed by atoms with E-state index in [-0.39, 0.29) is 23.1 Å². The Labute approximate surface area is 80.1 Å². The van der Waals surface area contributed by atoms with E-state index in [0.717, 1.165) is 0 Å². The molecule has 0 bridgehead atoms. The summed E-state index contributed by atoms with van der Waals surface area (Å²) in [5.41, 5.74) is 0.0781. The van der Waals surface area contributed by atoms with Crippen molar-refractivity contribution in [3.63, 3.8) is 0 Å². The van der Waals surface area contributed by atoms with Crippen molar-refractivity contribution in [3.8, 4) is 0 Å². The molecule has 0 spiro atoms. The molecule has 1 aromatic rings. The predicted molar refractivity (Wildman–Crippen MR) is 46.9 cm³/mol. The minimum Gasteiger partial charge on any atom is -0.478 e. The molecule has 1 saturated heterocycles. The zero-order valence-corrected chi connectivity index (χ0v) is 7.94. The highest BCUT2D eigenvalue weighted by Crippen LogP contribution is 2.22. The van der Waals surface area contributed by atoms with Crippen LogP contribution in [0.3, 0.4) is 0 Å². The van der Waals surface area contributed by atoms with Crippen LogP contribution >= 0.6 is 0 Å². The maximum Gasteiger partial charge on any atom is 0.338 e. The highest BCUT2D eigenvalue weighted by molar-refractivity contribution is 7.92. The molecule has 2 heterocycles. The zero-order valence-electron chi connectivity index (χ0n) is 7.12. The number of aromatic carboxylic acids is 1. The summed E-state index contributed by atoms with van der Waals surface area (Å²) < 4.78 is 23.1. The smallest absolute Gasteiger partial charge is 0.338 e. The fraction of sp³-hybridized carbons (Fsp3) is 0.429. The molecule has 1 N–H and O–H groups in total. The van der Waals surface area contributed by atoms with Gasteiger partial charge in [0.1, 0.15) is 0 Å². The van der Waals surface area contributed by atoms with Gasteiger partial charge in [0.25, 0.3) is 0 Å². The summed E-state index contributed by atoms with van der Waals surface area (Å²) in [6, 6.07) is -0.201. The van der Waals surface area contributed by atoms with Crippen molar-refractivity contribution in [1.82, 2.24) is 9.78 Å². The highest BCUT2D eigenvalue weighted by Gasteiger charge is 2.35. The fourth-order valence-electron chi connectivity index (χ4n) is 1.34. The fourth-order valence-corrected chi connectivity index (χ4v) is 2.72. The van der Waals surface area contributed by atoms with Gasteiger partial charge in [0.05, 0.1) is 29.3 Å². The SMILES string of the molecule is O=C(O)c1cnn(C2CS(=O)(=O)C2)c1. The zero-order chi connectivity index (χ0) is 10.3. The van der Waals surface area contributed by atoms with Gasteiger partial charge < -0.3 is 5.11 Å². The number of carboxylic acid groups (broad SMARTS) is 1. The van der Waals surface area contributed by atoms with E-state index in [9.17, 15) is 13.2 Å². The average molecular weight is 216 g/mol. The lowest BCUT2D eigenvalue weighted by molar-refractivity contribution is 0.0696. The van der Waals surface area contributed by atoms with Crippen LogP contribution in [-0.4, -0.2) is 40.8 Å². The minimum absolute atomic E-state index is 0.0493. The number of carboxylic acids is 1. The molecule has 0 aliphatic carbocycles. The topological polar surface area (TPSA) is 89.3 Å². The molecule has 2 rings (SSSR count). The molecule has 0 radical (unpaired) electrons. The van der Waals surface area contributed by atoms with Crippen LogP contribution in [0.25, 0.3) is 0 Å². The Morgan fingerprint density at radius 2 is 2.21 bits per heavy atom. The Morgan fingerprint density at radius 1 is 1.57 bits per heavy atom. The van der Waals surface area contributed by atoms with Gasteiger partial charge in [-0.15, -0.1) is 0 Å². The van der Waals surface area contributed by atoms with E-state index in [0.29, 0.717) is 0 Å². The van der Waals surface area contributed by atoms with Crippen LogP contribution in [0.15, 0.2) is 12.4 Å². The van der Waals surface area contributed by atoms with Crippen LogP contribution < -0.4 is 0 Å². The molecule has 0 aromatic carbocycles. The molecule has 7 heteroatoms. The van der Waals surface area contributed by atoms with Crippen molar-refractivity contribution in [1.29, 1.82) is 0 Å². The maximum absolute atomic E-state index is 10.9. The lowest BCUT2D eigenvalue weighted by atomic mass is 10.3. The van der Waals surface area contributed by atoms with Crippen LogP contribution in [0.1, 0.15) is 16.4 Å². The number of rotatable bonds is 2. The van der Waals surface area contributed by atoms with E-state index in [1.165, 1.54) is 17.1 Å². The summed E-state index contributed by atoms with van der Waals surface area (Å²) in [6.45, 7) is 0. The van der Waals surface area contributed by atoms with Crippen molar-refractivity contribution in [2.75, 3.05) is 11.5 Å². The lowest BCUT2D eigenvalue weighted by Crippen LogP contribution is -2.38. The Kier molecular flexibility index (Phi) is 1.84. The van der Waals surface area contributed by atoms with E-state index >= 15 is 0 Å². The summed E-state index contributed by atoms with van der Waals surface area (Å²) in [5, 5.41) is 12.4. The van der Waals surface area contributed by atoms with Crippen molar-refractivity contribution in [2.45, 2.75) is 6.04 Å². The van der Waals surface area contributed by atoms with E-state index < -0.39 is 15.8 Å². The first kappa shape index (κ1) is 9.20. The molecular formula is C7H8N2O4S. The minimum atomic E-state index is -2.90. The number of nitrogens with zero attached hydrogens (tertiary/aromatic N) is 2. The first-order chi connectivity index (χ1) is 6.48. The molecule has 1 aliphatic heterocycles. The first-order valence-electron chi connectivity index (χ1n) is 3.96. The Hall–Kier alpha value is -1.37. The van der Waals surface area contributed by atoms with Crippen molar-refractivity contribution in [3.05, 3.63) is 18.0 Å². The van der Waals surface area contributed by atoms with Gasteiger partial charge in [0.15, 0.2) is 9.84 Å². The van der Waals surface area contributed by atoms with E-state index in [1.54, 1.807) is 0 Å². The van der Waals surface area contributed by atoms with Gasteiger partial charge in [-0.05, 0) is 0 Å². The van der Waals surface area contributed by atoms with Crippen LogP contribution in [-0.2, 0) is 9.84 Å². The van der Waals surface area contributed by atoms with Gasteiger partial charge in [0.2, 0.25) is 0 Å². The standard InChI is InChI=1S/C7H8N2O4S/c10-7(11)5-1-8-9(2-5)6-3-14(12,13)4-6/h1-2,6H,3-4H2,(H,10,11). The van der Waals surface area contributed by atoms with Crippen molar-refractivity contribution >= 4 is 15.8 Å². The average Bonchev–Trinajstić information content (AvgIpc) is 2.47. The van der Waals surface area contributed by atoms with Crippen LogP contribution in [0.2, 0.25) is 0 Å². The second-order valence-electron chi connectivity index (χ2n) is 3.24. The van der Waals surface area contributed by atoms with E-state index in [4.69, 9.17) is 5.11 Å². The monoisotopic (exact) mass is 216 g/mol. The summed E-state index contributed by atoms with van der Waals surface area (Å²) in [7, 11) is -2.90. The predicted octanol–water partition coefficient (Wildman–Crippen LogP) is -0.449. The van der Waals surface area contributed by atoms with Gasteiger partial charge in [-0.3, -0.25) is 4.68 Å². The molecule has 76 valence electrons. The molecule has 0 saturated carbocycles. The van der Waals surface area contributed by atoms with Gasteiger partial charge >= 0.3 is 5.97 Å². The van der Waals surface area contributed by atoms with Crippen LogP contribution in [0.5, 0.6) is 0 Å². The third-order valence-electron chi connectivity index (χ3n) is 2.12. The molecule has 14 heavy (non-hydrogen) atoms. The Bertz CT molecular complexity index is 464. The molecule has 6 nitrogen and oxygen atoms in total. The number of hydrogen-bond acceptors (Lipinski definition) is 4. The first-order valence-corrected chi connectivity index (χ1v) is 5.78. The third-order valence-corrected chi connectivity index (χ3v) is 3.90. The van der Waals surface area contributed by atoms with Crippen molar-refractivity contribution in [2.24, 2.45) is 0 Å². The largest absolute Gasteiger partial charge is 0.478 e. The van der Waals surface area contributed by atoms with Gasteiger partial charge in [-0.1, -0.05) is 0 Å². The molecule has 0 amide bonds. The maximum atomic E-state index is 10.9. The van der Waals surface area contributed by atoms with Crippen LogP contribution in [0.4, 0.5) is 0 Å². The molecule has 0 unspecified atom stereocenters. The number of hydrogen-bond donors (Lipinski definition) is 1. The summed E-state index contributed by atoms with van der Waals surface area (Å²) in [5.74, 6) is -0.958. The summed E-state index contributed by atoms with van der Waals surface area (Å²) in [4.78, 5) is 10.5. The molecular weight excluding hydrogens is 208 g/mol. The van der Waals surface area contributed by atoms with Gasteiger partial charge in [-0.2, -0.15) is 5.10 Å². The molecule has 1 aromatic heterocycles. The van der Waals surface area contributed by atoms with Crippen molar-refractivity contribution < 1.29 is 18.3 Å². The normalized spacial score (nSPS) is 20.3. The third kappa shape index (κ3) is 1.50. The number of sulfone groups is 1. The van der Waals surface area contributed by atoms with Crippen LogP contribution in [0, 0.1) is 0 Å². The van der Waals surface area contributed by atoms with Gasteiger partial charge in [0, 0.05) is 6.20 Å². The second kappa shape index (κ2) is 2.81. The molecule has 1 aliphatic rings. The second-order valence-corrected chi connectivity index (χ2v) is 5.40. The molecule has 0 atom stereocenters. The lowest BCUT2D eigenvalue weighted by Gasteiger charge is -2.25. The molecule has 1 fully saturated rings.